The first kappa shape index (κ1) is 12.9. The summed E-state index contributed by atoms with van der Waals surface area (Å²) in [7, 11) is -2.89. The van der Waals surface area contributed by atoms with Gasteiger partial charge in [0.05, 0.1) is 17.6 Å². The van der Waals surface area contributed by atoms with Gasteiger partial charge < -0.3 is 10.1 Å². The maximum Gasteiger partial charge on any atom is 0.153 e. The molecule has 0 aliphatic carbocycles. The number of hydrogen-bond acceptors (Lipinski definition) is 4. The van der Waals surface area contributed by atoms with Crippen molar-refractivity contribution in [2.45, 2.75) is 25.5 Å². The molecule has 1 saturated heterocycles. The molecular weight excluding hydrogens is 214 g/mol. The third kappa shape index (κ3) is 4.49. The second-order valence-corrected chi connectivity index (χ2v) is 7.03. The Morgan fingerprint density at radius 2 is 2.20 bits per heavy atom. The zero-order valence-electron chi connectivity index (χ0n) is 9.53. The lowest BCUT2D eigenvalue weighted by atomic mass is 10.1. The van der Waals surface area contributed by atoms with Gasteiger partial charge in [-0.3, -0.25) is 0 Å². The molecule has 0 amide bonds. The van der Waals surface area contributed by atoms with Crippen molar-refractivity contribution in [3.05, 3.63) is 0 Å². The maximum absolute atomic E-state index is 11.5. The quantitative estimate of drug-likeness (QED) is 0.679. The van der Waals surface area contributed by atoms with E-state index in [1.54, 1.807) is 13.8 Å². The van der Waals surface area contributed by atoms with Crippen molar-refractivity contribution in [1.29, 1.82) is 0 Å². The predicted molar refractivity (Wildman–Crippen MR) is 60.7 cm³/mol. The van der Waals surface area contributed by atoms with Gasteiger partial charge in [0.2, 0.25) is 0 Å². The first-order valence-corrected chi connectivity index (χ1v) is 7.24. The van der Waals surface area contributed by atoms with Gasteiger partial charge in [0.1, 0.15) is 0 Å². The molecule has 0 aromatic carbocycles. The molecule has 0 aromatic heterocycles. The summed E-state index contributed by atoms with van der Waals surface area (Å²) in [6, 6.07) is 0. The molecule has 1 atom stereocenters. The van der Waals surface area contributed by atoms with E-state index < -0.39 is 9.84 Å². The van der Waals surface area contributed by atoms with Crippen molar-refractivity contribution in [3.8, 4) is 0 Å². The van der Waals surface area contributed by atoms with Crippen molar-refractivity contribution < 1.29 is 13.2 Å². The van der Waals surface area contributed by atoms with Crippen LogP contribution in [-0.4, -0.2) is 45.7 Å². The SMILES string of the molecule is CC(C)S(=O)(=O)CCNCC1CCOC1. The standard InChI is InChI=1S/C10H21NO3S/c1-9(2)15(12,13)6-4-11-7-10-3-5-14-8-10/h9-11H,3-8H2,1-2H3. The van der Waals surface area contributed by atoms with Crippen LogP contribution in [0.5, 0.6) is 0 Å². The minimum Gasteiger partial charge on any atom is -0.381 e. The zero-order valence-corrected chi connectivity index (χ0v) is 10.3. The number of sulfone groups is 1. The van der Waals surface area contributed by atoms with Gasteiger partial charge in [-0.15, -0.1) is 0 Å². The fourth-order valence-electron chi connectivity index (χ4n) is 1.50. The van der Waals surface area contributed by atoms with Crippen molar-refractivity contribution in [3.63, 3.8) is 0 Å². The van der Waals surface area contributed by atoms with Crippen LogP contribution in [-0.2, 0) is 14.6 Å². The average molecular weight is 235 g/mol. The van der Waals surface area contributed by atoms with Gasteiger partial charge in [0.15, 0.2) is 9.84 Å². The molecule has 5 heteroatoms. The first-order chi connectivity index (χ1) is 7.02. The van der Waals surface area contributed by atoms with Crippen molar-refractivity contribution in [2.24, 2.45) is 5.92 Å². The number of rotatable bonds is 6. The van der Waals surface area contributed by atoms with Crippen LogP contribution < -0.4 is 5.32 Å². The second-order valence-electron chi connectivity index (χ2n) is 4.35. The summed E-state index contributed by atoms with van der Waals surface area (Å²) >= 11 is 0. The normalized spacial score (nSPS) is 22.5. The molecule has 1 heterocycles. The molecule has 1 aliphatic heterocycles. The van der Waals surface area contributed by atoms with Crippen LogP contribution in [0.4, 0.5) is 0 Å². The minimum absolute atomic E-state index is 0.234. The van der Waals surface area contributed by atoms with Gasteiger partial charge in [0, 0.05) is 19.7 Å². The van der Waals surface area contributed by atoms with E-state index in [4.69, 9.17) is 4.74 Å². The molecule has 1 unspecified atom stereocenters. The number of nitrogens with one attached hydrogen (secondary N) is 1. The summed E-state index contributed by atoms with van der Waals surface area (Å²) in [6.45, 7) is 6.52. The van der Waals surface area contributed by atoms with E-state index in [1.807, 2.05) is 0 Å². The number of ether oxygens (including phenoxy) is 1. The smallest absolute Gasteiger partial charge is 0.153 e. The van der Waals surface area contributed by atoms with Crippen molar-refractivity contribution in [2.75, 3.05) is 32.1 Å². The highest BCUT2D eigenvalue weighted by molar-refractivity contribution is 7.92. The van der Waals surface area contributed by atoms with E-state index in [1.165, 1.54) is 0 Å². The summed E-state index contributed by atoms with van der Waals surface area (Å²) in [5.41, 5.74) is 0. The Balaban J connectivity index is 2.11. The lowest BCUT2D eigenvalue weighted by molar-refractivity contribution is 0.185. The maximum atomic E-state index is 11.5. The molecular formula is C10H21NO3S. The molecule has 1 N–H and O–H groups in total. The van der Waals surface area contributed by atoms with Crippen LogP contribution in [0.1, 0.15) is 20.3 Å². The second kappa shape index (κ2) is 5.82. The van der Waals surface area contributed by atoms with Gasteiger partial charge >= 0.3 is 0 Å². The van der Waals surface area contributed by atoms with Gasteiger partial charge in [-0.2, -0.15) is 0 Å². The van der Waals surface area contributed by atoms with Crippen LogP contribution in [0.3, 0.4) is 0 Å². The Bertz CT molecular complexity index is 268. The summed E-state index contributed by atoms with van der Waals surface area (Å²) in [5, 5.41) is 2.91. The monoisotopic (exact) mass is 235 g/mol. The highest BCUT2D eigenvalue weighted by atomic mass is 32.2. The predicted octanol–water partition coefficient (Wildman–Crippen LogP) is 0.436. The van der Waals surface area contributed by atoms with Crippen molar-refractivity contribution >= 4 is 9.84 Å². The molecule has 1 aliphatic rings. The largest absolute Gasteiger partial charge is 0.381 e. The number of hydrogen-bond donors (Lipinski definition) is 1. The van der Waals surface area contributed by atoms with Gasteiger partial charge in [0.25, 0.3) is 0 Å². The third-order valence-electron chi connectivity index (χ3n) is 2.74. The highest BCUT2D eigenvalue weighted by Crippen LogP contribution is 2.10. The molecule has 0 saturated carbocycles. The van der Waals surface area contributed by atoms with Gasteiger partial charge in [-0.05, 0) is 26.2 Å². The molecule has 4 nitrogen and oxygen atoms in total. The summed E-state index contributed by atoms with van der Waals surface area (Å²) in [6.07, 6.45) is 1.09. The van der Waals surface area contributed by atoms with E-state index >= 15 is 0 Å². The zero-order chi connectivity index (χ0) is 11.3. The molecule has 0 aromatic rings. The van der Waals surface area contributed by atoms with Crippen LogP contribution in [0.25, 0.3) is 0 Å². The molecule has 1 rings (SSSR count). The first-order valence-electron chi connectivity index (χ1n) is 5.52. The van der Waals surface area contributed by atoms with E-state index in [-0.39, 0.29) is 11.0 Å². The molecule has 1 fully saturated rings. The topological polar surface area (TPSA) is 55.4 Å². The summed E-state index contributed by atoms with van der Waals surface area (Å²) < 4.78 is 28.2. The molecule has 0 radical (unpaired) electrons. The minimum atomic E-state index is -2.89. The van der Waals surface area contributed by atoms with E-state index in [9.17, 15) is 8.42 Å². The van der Waals surface area contributed by atoms with Crippen LogP contribution in [0.15, 0.2) is 0 Å². The molecule has 15 heavy (non-hydrogen) atoms. The van der Waals surface area contributed by atoms with Crippen LogP contribution in [0.2, 0.25) is 0 Å². The Kier molecular flexibility index (Phi) is 5.02. The Hall–Kier alpha value is -0.130. The van der Waals surface area contributed by atoms with Crippen LogP contribution >= 0.6 is 0 Å². The van der Waals surface area contributed by atoms with E-state index in [0.717, 1.165) is 26.2 Å². The Morgan fingerprint density at radius 1 is 1.47 bits per heavy atom. The summed E-state index contributed by atoms with van der Waals surface area (Å²) in [4.78, 5) is 0. The van der Waals surface area contributed by atoms with E-state index in [0.29, 0.717) is 12.5 Å². The molecule has 0 spiro atoms. The average Bonchev–Trinajstić information content (AvgIpc) is 2.64. The van der Waals surface area contributed by atoms with Crippen molar-refractivity contribution in [1.82, 2.24) is 5.32 Å². The fourth-order valence-corrected chi connectivity index (χ4v) is 2.40. The lowest BCUT2D eigenvalue weighted by Crippen LogP contribution is -2.30. The van der Waals surface area contributed by atoms with Crippen LogP contribution in [0, 0.1) is 5.92 Å². The molecule has 90 valence electrons. The summed E-state index contributed by atoms with van der Waals surface area (Å²) in [5.74, 6) is 0.796. The van der Waals surface area contributed by atoms with Gasteiger partial charge in [-0.25, -0.2) is 8.42 Å². The Morgan fingerprint density at radius 3 is 2.73 bits per heavy atom. The van der Waals surface area contributed by atoms with E-state index in [2.05, 4.69) is 5.32 Å². The fraction of sp³-hybridized carbons (Fsp3) is 1.00. The Labute approximate surface area is 92.3 Å². The van der Waals surface area contributed by atoms with Gasteiger partial charge in [-0.1, -0.05) is 0 Å². The third-order valence-corrected chi connectivity index (χ3v) is 4.95. The molecule has 0 bridgehead atoms. The highest BCUT2D eigenvalue weighted by Gasteiger charge is 2.17. The lowest BCUT2D eigenvalue weighted by Gasteiger charge is -2.11.